The maximum atomic E-state index is 13.5. The molecule has 1 unspecified atom stereocenters. The van der Waals surface area contributed by atoms with Gasteiger partial charge in [-0.3, -0.25) is 14.2 Å². The molecule has 0 saturated carbocycles. The third kappa shape index (κ3) is 6.11. The lowest BCUT2D eigenvalue weighted by Gasteiger charge is -2.18. The van der Waals surface area contributed by atoms with Gasteiger partial charge in [0.15, 0.2) is 9.84 Å². The number of aromatic hydroxyl groups is 1. The second kappa shape index (κ2) is 12.5. The van der Waals surface area contributed by atoms with Gasteiger partial charge in [-0.1, -0.05) is 66.0 Å². The fourth-order valence-electron chi connectivity index (χ4n) is 4.72. The van der Waals surface area contributed by atoms with Crippen molar-refractivity contribution in [2.75, 3.05) is 10.6 Å². The van der Waals surface area contributed by atoms with Gasteiger partial charge in [0.05, 0.1) is 42.4 Å². The first-order valence-corrected chi connectivity index (χ1v) is 16.0. The van der Waals surface area contributed by atoms with Crippen LogP contribution in [0.4, 0.5) is 11.4 Å². The molecular formula is C31H25Cl3N4O5S. The lowest BCUT2D eigenvalue weighted by Crippen LogP contribution is -2.34. The number of amides is 2. The molecule has 5 rings (SSSR count). The molecule has 0 aliphatic rings. The van der Waals surface area contributed by atoms with Crippen molar-refractivity contribution >= 4 is 78.9 Å². The monoisotopic (exact) mass is 670 g/mol. The minimum Gasteiger partial charge on any atom is -0.506 e. The fraction of sp³-hybridized carbons (Fsp3) is 0.129. The number of rotatable bonds is 8. The molecular weight excluding hydrogens is 647 g/mol. The van der Waals surface area contributed by atoms with Crippen LogP contribution in [0.3, 0.4) is 0 Å². The first-order chi connectivity index (χ1) is 20.9. The summed E-state index contributed by atoms with van der Waals surface area (Å²) in [6.07, 6.45) is -0.000315. The summed E-state index contributed by atoms with van der Waals surface area (Å²) in [5, 5.41) is 15.1. The number of aryl methyl sites for hydroxylation is 1. The highest BCUT2D eigenvalue weighted by atomic mass is 35.5. The number of sulfone groups is 1. The van der Waals surface area contributed by atoms with Crippen molar-refractivity contribution < 1.29 is 23.1 Å². The molecule has 0 aliphatic heterocycles. The van der Waals surface area contributed by atoms with E-state index < -0.39 is 32.7 Å². The summed E-state index contributed by atoms with van der Waals surface area (Å²) in [5.41, 5.74) is 2.33. The number of phenols is 1. The van der Waals surface area contributed by atoms with Gasteiger partial charge in [0, 0.05) is 11.8 Å². The minimum absolute atomic E-state index is 0.000315. The third-order valence-electron chi connectivity index (χ3n) is 6.87. The van der Waals surface area contributed by atoms with E-state index in [0.29, 0.717) is 21.7 Å². The molecule has 0 aliphatic carbocycles. The molecule has 0 saturated heterocycles. The number of hydrogen-bond donors (Lipinski definition) is 3. The molecule has 13 heteroatoms. The zero-order valence-electron chi connectivity index (χ0n) is 23.3. The highest BCUT2D eigenvalue weighted by Crippen LogP contribution is 2.35. The fourth-order valence-corrected chi connectivity index (χ4v) is 6.95. The van der Waals surface area contributed by atoms with E-state index >= 15 is 0 Å². The second-order valence-electron chi connectivity index (χ2n) is 9.91. The second-order valence-corrected chi connectivity index (χ2v) is 13.3. The molecule has 44 heavy (non-hydrogen) atoms. The predicted octanol–water partition coefficient (Wildman–Crippen LogP) is 7.44. The number of halogens is 3. The van der Waals surface area contributed by atoms with E-state index in [4.69, 9.17) is 34.8 Å². The number of phenolic OH excluding ortho intramolecular Hbond substituents is 1. The van der Waals surface area contributed by atoms with Crippen LogP contribution < -0.4 is 10.6 Å². The number of nitrogens with one attached hydrogen (secondary N) is 2. The standard InChI is InChI=1S/C31H25Cl3N4O5S/c1-3-28(44(42,43)19-8-6-7-17(2)13-19)30(40)36-24-16-27(39)25(15-22(24)34)37-31(41)29-35-23-9-4-5-10-26(23)38(29)18-11-12-20(32)21(33)14-18/h4-16,28,39H,3H2,1-2H3,(H,36,40)(H,37,41). The van der Waals surface area contributed by atoms with E-state index in [1.54, 1.807) is 73.0 Å². The average molecular weight is 672 g/mol. The highest BCUT2D eigenvalue weighted by molar-refractivity contribution is 7.92. The summed E-state index contributed by atoms with van der Waals surface area (Å²) in [5.74, 6) is -1.93. The maximum Gasteiger partial charge on any atom is 0.292 e. The van der Waals surface area contributed by atoms with Gasteiger partial charge in [-0.2, -0.15) is 0 Å². The first kappa shape index (κ1) is 31.3. The zero-order chi connectivity index (χ0) is 31.8. The predicted molar refractivity (Wildman–Crippen MR) is 173 cm³/mol. The number of hydrogen-bond acceptors (Lipinski definition) is 6. The number of nitrogens with zero attached hydrogens (tertiary/aromatic N) is 2. The van der Waals surface area contributed by atoms with Gasteiger partial charge >= 0.3 is 0 Å². The number of carbonyl (C=O) groups is 2. The van der Waals surface area contributed by atoms with Crippen molar-refractivity contribution in [3.05, 3.63) is 105 Å². The maximum absolute atomic E-state index is 13.5. The van der Waals surface area contributed by atoms with Crippen molar-refractivity contribution in [2.45, 2.75) is 30.4 Å². The molecule has 9 nitrogen and oxygen atoms in total. The SMILES string of the molecule is CCC(C(=O)Nc1cc(O)c(NC(=O)c2nc3ccccc3n2-c2ccc(Cl)c(Cl)c2)cc1Cl)S(=O)(=O)c1cccc(C)c1. The van der Waals surface area contributed by atoms with E-state index in [1.165, 1.54) is 18.2 Å². The van der Waals surface area contributed by atoms with Crippen LogP contribution >= 0.6 is 34.8 Å². The quantitative estimate of drug-likeness (QED) is 0.147. The molecule has 0 bridgehead atoms. The molecule has 0 spiro atoms. The first-order valence-electron chi connectivity index (χ1n) is 13.3. The Labute approximate surface area is 268 Å². The summed E-state index contributed by atoms with van der Waals surface area (Å²) in [7, 11) is -4.01. The summed E-state index contributed by atoms with van der Waals surface area (Å²) < 4.78 is 28.1. The lowest BCUT2D eigenvalue weighted by atomic mass is 10.2. The van der Waals surface area contributed by atoms with Gasteiger partial charge in [0.2, 0.25) is 11.7 Å². The number of anilines is 2. The van der Waals surface area contributed by atoms with Gasteiger partial charge in [-0.25, -0.2) is 13.4 Å². The number of benzene rings is 4. The zero-order valence-corrected chi connectivity index (χ0v) is 26.4. The van der Waals surface area contributed by atoms with Crippen molar-refractivity contribution in [3.63, 3.8) is 0 Å². The number of fused-ring (bicyclic) bond motifs is 1. The van der Waals surface area contributed by atoms with Crippen LogP contribution in [0.15, 0.2) is 83.8 Å². The largest absolute Gasteiger partial charge is 0.506 e. The summed E-state index contributed by atoms with van der Waals surface area (Å²) >= 11 is 18.8. The molecule has 5 aromatic rings. The van der Waals surface area contributed by atoms with Crippen molar-refractivity contribution in [1.82, 2.24) is 9.55 Å². The van der Waals surface area contributed by atoms with Crippen LogP contribution in [0.2, 0.25) is 15.1 Å². The van der Waals surface area contributed by atoms with E-state index in [2.05, 4.69) is 15.6 Å². The Morgan fingerprint density at radius 2 is 1.64 bits per heavy atom. The van der Waals surface area contributed by atoms with E-state index in [9.17, 15) is 23.1 Å². The van der Waals surface area contributed by atoms with Crippen LogP contribution in [-0.2, 0) is 14.6 Å². The Morgan fingerprint density at radius 1 is 0.886 bits per heavy atom. The van der Waals surface area contributed by atoms with Crippen molar-refractivity contribution in [3.8, 4) is 11.4 Å². The van der Waals surface area contributed by atoms with Crippen LogP contribution in [0, 0.1) is 6.92 Å². The molecule has 1 heterocycles. The Hall–Kier alpha value is -4.09. The number of para-hydroxylation sites is 2. The number of imidazole rings is 1. The molecule has 1 atom stereocenters. The minimum atomic E-state index is -4.01. The smallest absolute Gasteiger partial charge is 0.292 e. The van der Waals surface area contributed by atoms with Crippen LogP contribution in [-0.4, -0.2) is 40.1 Å². The summed E-state index contributed by atoms with van der Waals surface area (Å²) in [6, 6.07) is 20.7. The van der Waals surface area contributed by atoms with E-state index in [-0.39, 0.29) is 38.6 Å². The van der Waals surface area contributed by atoms with E-state index in [0.717, 1.165) is 11.6 Å². The topological polar surface area (TPSA) is 130 Å². The molecule has 3 N–H and O–H groups in total. The van der Waals surface area contributed by atoms with Gasteiger partial charge in [0.25, 0.3) is 5.91 Å². The average Bonchev–Trinajstić information content (AvgIpc) is 3.37. The lowest BCUT2D eigenvalue weighted by molar-refractivity contribution is -0.115. The Balaban J connectivity index is 1.42. The highest BCUT2D eigenvalue weighted by Gasteiger charge is 2.33. The Bertz CT molecular complexity index is 2050. The molecule has 2 amide bonds. The summed E-state index contributed by atoms with van der Waals surface area (Å²) in [4.78, 5) is 31.1. The van der Waals surface area contributed by atoms with Gasteiger partial charge < -0.3 is 15.7 Å². The normalized spacial score (nSPS) is 12.2. The molecule has 226 valence electrons. The molecule has 4 aromatic carbocycles. The van der Waals surface area contributed by atoms with Gasteiger partial charge in [0.1, 0.15) is 11.0 Å². The Morgan fingerprint density at radius 3 is 2.34 bits per heavy atom. The van der Waals surface area contributed by atoms with Crippen LogP contribution in [0.5, 0.6) is 5.75 Å². The van der Waals surface area contributed by atoms with E-state index in [1.807, 2.05) is 0 Å². The Kier molecular flexibility index (Phi) is 8.90. The van der Waals surface area contributed by atoms with Crippen molar-refractivity contribution in [1.29, 1.82) is 0 Å². The van der Waals surface area contributed by atoms with Gasteiger partial charge in [-0.05, 0) is 67.4 Å². The summed E-state index contributed by atoms with van der Waals surface area (Å²) in [6.45, 7) is 3.34. The van der Waals surface area contributed by atoms with Crippen LogP contribution in [0.1, 0.15) is 29.5 Å². The number of carbonyl (C=O) groups excluding carboxylic acids is 2. The molecule has 0 radical (unpaired) electrons. The van der Waals surface area contributed by atoms with Crippen molar-refractivity contribution in [2.24, 2.45) is 0 Å². The molecule has 0 fully saturated rings. The third-order valence-corrected chi connectivity index (χ3v) is 10.1. The van der Waals surface area contributed by atoms with Gasteiger partial charge in [-0.15, -0.1) is 0 Å². The molecule has 1 aromatic heterocycles. The number of aromatic nitrogens is 2. The van der Waals surface area contributed by atoms with Crippen LogP contribution in [0.25, 0.3) is 16.7 Å².